The maximum absolute atomic E-state index is 4.89. The number of aromatic amines is 1. The summed E-state index contributed by atoms with van der Waals surface area (Å²) >= 11 is 1.61. The van der Waals surface area contributed by atoms with E-state index in [2.05, 4.69) is 83.1 Å². The van der Waals surface area contributed by atoms with Gasteiger partial charge in [-0.1, -0.05) is 42.5 Å². The van der Waals surface area contributed by atoms with Crippen molar-refractivity contribution in [1.29, 1.82) is 0 Å². The minimum absolute atomic E-state index is 0.773. The van der Waals surface area contributed by atoms with Crippen LogP contribution in [0.1, 0.15) is 19.5 Å². The van der Waals surface area contributed by atoms with Gasteiger partial charge in [-0.15, -0.1) is 11.3 Å². The molecule has 0 atom stereocenters. The Morgan fingerprint density at radius 3 is 2.83 bits per heavy atom. The van der Waals surface area contributed by atoms with Crippen molar-refractivity contribution in [2.24, 2.45) is 0 Å². The average molecular weight is 402 g/mol. The van der Waals surface area contributed by atoms with Crippen LogP contribution in [0.25, 0.3) is 27.3 Å². The highest BCUT2D eigenvalue weighted by molar-refractivity contribution is 7.13. The molecule has 29 heavy (non-hydrogen) atoms. The molecule has 0 bridgehead atoms. The molecular weight excluding hydrogens is 378 g/mol. The first-order valence-electron chi connectivity index (χ1n) is 9.41. The predicted molar refractivity (Wildman–Crippen MR) is 121 cm³/mol. The third kappa shape index (κ3) is 3.98. The van der Waals surface area contributed by atoms with E-state index in [4.69, 9.17) is 4.98 Å². The van der Waals surface area contributed by atoms with Gasteiger partial charge in [0.2, 0.25) is 0 Å². The van der Waals surface area contributed by atoms with Gasteiger partial charge < -0.3 is 9.88 Å². The van der Waals surface area contributed by atoms with Crippen LogP contribution in [0, 0.1) is 0 Å². The van der Waals surface area contributed by atoms with Gasteiger partial charge >= 0.3 is 0 Å². The van der Waals surface area contributed by atoms with Crippen LogP contribution >= 0.6 is 11.3 Å². The molecule has 0 amide bonds. The molecule has 0 saturated carbocycles. The topological polar surface area (TPSA) is 57.7 Å². The van der Waals surface area contributed by atoms with Crippen LogP contribution in [0.4, 0.5) is 0 Å². The highest BCUT2D eigenvalue weighted by Crippen LogP contribution is 2.31. The van der Waals surface area contributed by atoms with Gasteiger partial charge in [-0.3, -0.25) is 4.98 Å². The van der Waals surface area contributed by atoms with Crippen molar-refractivity contribution in [3.63, 3.8) is 0 Å². The molecule has 0 radical (unpaired) electrons. The second-order valence-corrected chi connectivity index (χ2v) is 8.04. The summed E-state index contributed by atoms with van der Waals surface area (Å²) in [7, 11) is 2.05. The van der Waals surface area contributed by atoms with E-state index in [-0.39, 0.29) is 0 Å². The molecule has 4 rings (SSSR count). The average Bonchev–Trinajstić information content (AvgIpc) is 3.42. The second-order valence-electron chi connectivity index (χ2n) is 7.18. The zero-order valence-electron chi connectivity index (χ0n) is 16.8. The predicted octanol–water partition coefficient (Wildman–Crippen LogP) is 5.37. The van der Waals surface area contributed by atoms with E-state index < -0.39 is 0 Å². The van der Waals surface area contributed by atoms with Crippen molar-refractivity contribution in [3.8, 4) is 10.6 Å². The molecule has 0 spiro atoms. The Bertz CT molecular complexity index is 1180. The van der Waals surface area contributed by atoms with E-state index >= 15 is 0 Å². The minimum atomic E-state index is 0.773. The first-order chi connectivity index (χ1) is 14.0. The van der Waals surface area contributed by atoms with Gasteiger partial charge in [0.25, 0.3) is 0 Å². The molecule has 3 aromatic heterocycles. The van der Waals surface area contributed by atoms with Gasteiger partial charge in [0.05, 0.1) is 11.3 Å². The van der Waals surface area contributed by atoms with Crippen LogP contribution in [0.15, 0.2) is 77.8 Å². The van der Waals surface area contributed by atoms with Crippen LogP contribution in [0.2, 0.25) is 0 Å². The van der Waals surface area contributed by atoms with Crippen molar-refractivity contribution >= 4 is 28.1 Å². The lowest BCUT2D eigenvalue weighted by atomic mass is 10.1. The van der Waals surface area contributed by atoms with E-state index in [1.54, 1.807) is 23.7 Å². The van der Waals surface area contributed by atoms with Gasteiger partial charge in [0, 0.05) is 48.8 Å². The summed E-state index contributed by atoms with van der Waals surface area (Å²) in [6.07, 6.45) is 16.0. The molecule has 0 aromatic carbocycles. The molecule has 0 saturated heterocycles. The molecule has 1 aliphatic rings. The Morgan fingerprint density at radius 1 is 1.24 bits per heavy atom. The Morgan fingerprint density at radius 2 is 2.07 bits per heavy atom. The minimum Gasteiger partial charge on any atom is -0.371 e. The summed E-state index contributed by atoms with van der Waals surface area (Å²) in [5.74, 6) is 0. The van der Waals surface area contributed by atoms with Crippen LogP contribution in [0.3, 0.4) is 0 Å². The van der Waals surface area contributed by atoms with E-state index in [1.807, 2.05) is 6.20 Å². The van der Waals surface area contributed by atoms with Crippen LogP contribution < -0.4 is 0 Å². The van der Waals surface area contributed by atoms with E-state index in [9.17, 15) is 0 Å². The first-order valence-corrected chi connectivity index (χ1v) is 10.3. The Hall–Kier alpha value is -3.25. The normalized spacial score (nSPS) is 14.9. The maximum atomic E-state index is 4.89. The quantitative estimate of drug-likeness (QED) is 0.584. The molecule has 5 nitrogen and oxygen atoms in total. The van der Waals surface area contributed by atoms with Crippen LogP contribution in [0.5, 0.6) is 0 Å². The largest absolute Gasteiger partial charge is 0.371 e. The fourth-order valence-corrected chi connectivity index (χ4v) is 3.90. The monoisotopic (exact) mass is 401 g/mol. The van der Waals surface area contributed by atoms with Gasteiger partial charge in [0.15, 0.2) is 5.65 Å². The standard InChI is InChI=1S/C23H23N5S/c1-15(2)5-6-18(8-7-17-9-12-28(4)16(17)3)20-14-29-23(27-20)19-13-26-22-21(19)24-10-11-25-22/h5-11,13-14H,3,12H2,1-2,4H3,(H,25,26)/b8-7+,18-6+. The summed E-state index contributed by atoms with van der Waals surface area (Å²) in [6.45, 7) is 9.23. The number of allylic oxidation sites excluding steroid dienone is 6. The summed E-state index contributed by atoms with van der Waals surface area (Å²) < 4.78 is 0. The smallest absolute Gasteiger partial charge is 0.156 e. The summed E-state index contributed by atoms with van der Waals surface area (Å²) in [4.78, 5) is 19.0. The Labute approximate surface area is 174 Å². The highest BCUT2D eigenvalue weighted by Gasteiger charge is 2.14. The number of hydrogen-bond donors (Lipinski definition) is 1. The number of likely N-dealkylation sites (N-methyl/N-ethyl adjacent to an activating group) is 1. The number of H-pyrrole nitrogens is 1. The fraction of sp³-hybridized carbons (Fsp3) is 0.174. The van der Waals surface area contributed by atoms with Crippen LogP contribution in [-0.2, 0) is 0 Å². The number of fused-ring (bicyclic) bond motifs is 1. The molecule has 146 valence electrons. The molecule has 0 aliphatic carbocycles. The Balaban J connectivity index is 1.68. The lowest BCUT2D eigenvalue weighted by molar-refractivity contribution is 0.500. The third-order valence-electron chi connectivity index (χ3n) is 4.75. The van der Waals surface area contributed by atoms with E-state index in [0.29, 0.717) is 0 Å². The van der Waals surface area contributed by atoms with Crippen molar-refractivity contribution < 1.29 is 0 Å². The van der Waals surface area contributed by atoms with E-state index in [1.165, 1.54) is 5.57 Å². The second kappa shape index (κ2) is 8.01. The van der Waals surface area contributed by atoms with Crippen molar-refractivity contribution in [2.45, 2.75) is 13.8 Å². The zero-order chi connectivity index (χ0) is 20.4. The molecule has 1 N–H and O–H groups in total. The molecule has 3 aromatic rings. The molecule has 0 unspecified atom stereocenters. The van der Waals surface area contributed by atoms with Gasteiger partial charge in [0.1, 0.15) is 10.5 Å². The summed E-state index contributed by atoms with van der Waals surface area (Å²) in [6, 6.07) is 0. The molecule has 4 heterocycles. The number of rotatable bonds is 5. The van der Waals surface area contributed by atoms with E-state index in [0.717, 1.165) is 50.8 Å². The highest BCUT2D eigenvalue weighted by atomic mass is 32.1. The van der Waals surface area contributed by atoms with Gasteiger partial charge in [-0.05, 0) is 19.4 Å². The molecule has 1 aliphatic heterocycles. The lowest BCUT2D eigenvalue weighted by Gasteiger charge is -2.12. The maximum Gasteiger partial charge on any atom is 0.156 e. The molecule has 0 fully saturated rings. The van der Waals surface area contributed by atoms with Gasteiger partial charge in [-0.2, -0.15) is 0 Å². The number of nitrogens with one attached hydrogen (secondary N) is 1. The van der Waals surface area contributed by atoms with Crippen LogP contribution in [-0.4, -0.2) is 38.4 Å². The summed E-state index contributed by atoms with van der Waals surface area (Å²) in [5, 5.41) is 3.01. The first kappa shape index (κ1) is 19.1. The summed E-state index contributed by atoms with van der Waals surface area (Å²) in [5.41, 5.74) is 8.02. The lowest BCUT2D eigenvalue weighted by Crippen LogP contribution is -2.10. The molecular formula is C23H23N5S. The van der Waals surface area contributed by atoms with Crippen molar-refractivity contribution in [2.75, 3.05) is 13.6 Å². The zero-order valence-corrected chi connectivity index (χ0v) is 17.6. The molecule has 6 heteroatoms. The Kier molecular flexibility index (Phi) is 5.27. The SMILES string of the molecule is C=C1C(/C=C/C(=C\C=C(C)C)c2csc(-c3c[nH]c4nccnc34)n2)=CCN1C. The number of hydrogen-bond acceptors (Lipinski definition) is 5. The number of nitrogens with zero attached hydrogens (tertiary/aromatic N) is 4. The van der Waals surface area contributed by atoms with Crippen molar-refractivity contribution in [3.05, 3.63) is 83.5 Å². The number of thiazole rings is 1. The van der Waals surface area contributed by atoms with Crippen molar-refractivity contribution in [1.82, 2.24) is 24.8 Å². The fourth-order valence-electron chi connectivity index (χ4n) is 3.05. The number of aromatic nitrogens is 4. The third-order valence-corrected chi connectivity index (χ3v) is 5.63. The van der Waals surface area contributed by atoms with Gasteiger partial charge in [-0.25, -0.2) is 9.97 Å².